The van der Waals surface area contributed by atoms with Crippen LogP contribution < -0.4 is 5.32 Å². The lowest BCUT2D eigenvalue weighted by Crippen LogP contribution is -2.37. The summed E-state index contributed by atoms with van der Waals surface area (Å²) in [4.78, 5) is 19.1. The topological polar surface area (TPSA) is 74.7 Å². The van der Waals surface area contributed by atoms with Crippen LogP contribution in [0.4, 0.5) is 18.3 Å². The third kappa shape index (κ3) is 5.15. The van der Waals surface area contributed by atoms with E-state index in [9.17, 15) is 23.1 Å². The van der Waals surface area contributed by atoms with Crippen molar-refractivity contribution >= 4 is 44.2 Å². The number of benzene rings is 2. The lowest BCUT2D eigenvalue weighted by Gasteiger charge is -2.26. The maximum atomic E-state index is 12.9. The van der Waals surface area contributed by atoms with Crippen LogP contribution in [0.3, 0.4) is 0 Å². The number of carbonyl (C=O) groups excluding carboxylic acids is 1. The highest BCUT2D eigenvalue weighted by molar-refractivity contribution is 7.22. The Morgan fingerprint density at radius 2 is 2.00 bits per heavy atom. The summed E-state index contributed by atoms with van der Waals surface area (Å²) in [5.74, 6) is -0.826. The van der Waals surface area contributed by atoms with Crippen molar-refractivity contribution in [1.29, 1.82) is 0 Å². The van der Waals surface area contributed by atoms with Gasteiger partial charge in [-0.25, -0.2) is 4.98 Å². The van der Waals surface area contributed by atoms with Crippen LogP contribution >= 0.6 is 22.9 Å². The van der Waals surface area contributed by atoms with E-state index in [4.69, 9.17) is 16.3 Å². The molecule has 0 radical (unpaired) electrons. The predicted octanol–water partition coefficient (Wildman–Crippen LogP) is 4.80. The number of anilines is 1. The van der Waals surface area contributed by atoms with Gasteiger partial charge in [0.2, 0.25) is 0 Å². The van der Waals surface area contributed by atoms with E-state index in [0.717, 1.165) is 36.6 Å². The van der Waals surface area contributed by atoms with E-state index in [1.54, 1.807) is 6.07 Å². The van der Waals surface area contributed by atoms with Gasteiger partial charge in [0.05, 0.1) is 34.6 Å². The highest BCUT2D eigenvalue weighted by Gasteiger charge is 2.31. The molecule has 1 saturated heterocycles. The first kappa shape index (κ1) is 22.8. The van der Waals surface area contributed by atoms with Crippen molar-refractivity contribution in [3.8, 4) is 5.75 Å². The largest absolute Gasteiger partial charge is 0.507 e. The summed E-state index contributed by atoms with van der Waals surface area (Å²) in [7, 11) is 0. The van der Waals surface area contributed by atoms with Crippen molar-refractivity contribution in [2.24, 2.45) is 0 Å². The van der Waals surface area contributed by atoms with Gasteiger partial charge in [-0.2, -0.15) is 13.2 Å². The Morgan fingerprint density at radius 1 is 1.25 bits per heavy atom. The van der Waals surface area contributed by atoms with Crippen molar-refractivity contribution in [2.75, 3.05) is 38.2 Å². The Morgan fingerprint density at radius 3 is 2.72 bits per heavy atom. The molecule has 0 unspecified atom stereocenters. The van der Waals surface area contributed by atoms with Crippen LogP contribution in [0.1, 0.15) is 21.5 Å². The van der Waals surface area contributed by atoms with Crippen molar-refractivity contribution in [2.45, 2.75) is 12.6 Å². The molecule has 2 heterocycles. The number of carbonyl (C=O) groups is 1. The number of alkyl halides is 3. The molecule has 0 saturated carbocycles. The molecule has 1 fully saturated rings. The van der Waals surface area contributed by atoms with E-state index in [1.165, 1.54) is 12.1 Å². The number of halogens is 4. The molecule has 2 N–H and O–H groups in total. The molecule has 3 aromatic rings. The lowest BCUT2D eigenvalue weighted by atomic mass is 10.0. The van der Waals surface area contributed by atoms with Crippen molar-refractivity contribution < 1.29 is 27.8 Å². The second-order valence-electron chi connectivity index (χ2n) is 7.32. The summed E-state index contributed by atoms with van der Waals surface area (Å²) in [6.07, 6.45) is -3.97. The highest BCUT2D eigenvalue weighted by Crippen LogP contribution is 2.35. The van der Waals surface area contributed by atoms with E-state index in [1.807, 2.05) is 0 Å². The van der Waals surface area contributed by atoms with Crippen LogP contribution in [-0.2, 0) is 17.3 Å². The Balaban J connectivity index is 1.52. The van der Waals surface area contributed by atoms with Gasteiger partial charge in [0.25, 0.3) is 5.91 Å². The van der Waals surface area contributed by atoms with Gasteiger partial charge < -0.3 is 9.84 Å². The van der Waals surface area contributed by atoms with Gasteiger partial charge in [0.1, 0.15) is 5.75 Å². The Bertz CT molecular complexity index is 1150. The van der Waals surface area contributed by atoms with E-state index >= 15 is 0 Å². The molecule has 0 atom stereocenters. The fourth-order valence-corrected chi connectivity index (χ4v) is 4.58. The number of nitrogens with zero attached hydrogens (tertiary/aromatic N) is 2. The Hall–Kier alpha value is -2.40. The number of rotatable bonds is 5. The van der Waals surface area contributed by atoms with Gasteiger partial charge >= 0.3 is 6.18 Å². The molecular formula is C21H19ClF3N3O3S. The van der Waals surface area contributed by atoms with Crippen LogP contribution in [0, 0.1) is 0 Å². The molecule has 170 valence electrons. The smallest absolute Gasteiger partial charge is 0.416 e. The second-order valence-corrected chi connectivity index (χ2v) is 8.79. The van der Waals surface area contributed by atoms with Gasteiger partial charge in [0.15, 0.2) is 5.13 Å². The molecule has 1 aromatic heterocycles. The zero-order chi connectivity index (χ0) is 22.9. The van der Waals surface area contributed by atoms with Crippen LogP contribution in [0.2, 0.25) is 5.02 Å². The second kappa shape index (κ2) is 9.22. The molecule has 1 aliphatic heterocycles. The summed E-state index contributed by atoms with van der Waals surface area (Å²) >= 11 is 7.09. The molecule has 1 aliphatic rings. The number of fused-ring (bicyclic) bond motifs is 1. The van der Waals surface area contributed by atoms with E-state index in [0.29, 0.717) is 42.3 Å². The molecule has 11 heteroatoms. The zero-order valence-corrected chi connectivity index (χ0v) is 18.3. The molecule has 1 amide bonds. The first-order valence-corrected chi connectivity index (χ1v) is 11.0. The molecule has 6 nitrogen and oxygen atoms in total. The Kier molecular flexibility index (Phi) is 6.57. The summed E-state index contributed by atoms with van der Waals surface area (Å²) < 4.78 is 44.4. The van der Waals surface area contributed by atoms with Crippen molar-refractivity contribution in [3.05, 3.63) is 52.0 Å². The molecule has 4 rings (SSSR count). The maximum Gasteiger partial charge on any atom is 0.416 e. The van der Waals surface area contributed by atoms with Crippen molar-refractivity contribution in [1.82, 2.24) is 9.88 Å². The number of morpholine rings is 1. The van der Waals surface area contributed by atoms with E-state index in [2.05, 4.69) is 15.2 Å². The van der Waals surface area contributed by atoms with Crippen LogP contribution in [0.5, 0.6) is 5.75 Å². The van der Waals surface area contributed by atoms with Crippen LogP contribution in [-0.4, -0.2) is 53.7 Å². The number of hydrogen-bond acceptors (Lipinski definition) is 6. The quantitative estimate of drug-likeness (QED) is 0.543. The number of nitrogens with one attached hydrogen (secondary N) is 1. The van der Waals surface area contributed by atoms with Gasteiger partial charge in [0, 0.05) is 24.7 Å². The van der Waals surface area contributed by atoms with Gasteiger partial charge in [-0.1, -0.05) is 22.9 Å². The fraction of sp³-hybridized carbons (Fsp3) is 0.333. The minimum atomic E-state index is -4.47. The van der Waals surface area contributed by atoms with E-state index in [-0.39, 0.29) is 21.1 Å². The van der Waals surface area contributed by atoms with E-state index < -0.39 is 17.6 Å². The number of phenolic OH excluding ortho intramolecular Hbond substituents is 1. The number of thiazole rings is 1. The van der Waals surface area contributed by atoms with Gasteiger partial charge in [-0.3, -0.25) is 15.0 Å². The molecule has 32 heavy (non-hydrogen) atoms. The number of hydrogen-bond donors (Lipinski definition) is 2. The maximum absolute atomic E-state index is 12.9. The highest BCUT2D eigenvalue weighted by atomic mass is 35.5. The summed E-state index contributed by atoms with van der Waals surface area (Å²) in [5.41, 5.74) is 0.0571. The molecule has 2 aromatic carbocycles. The zero-order valence-electron chi connectivity index (χ0n) is 16.7. The number of aromatic nitrogens is 1. The van der Waals surface area contributed by atoms with Crippen LogP contribution in [0.15, 0.2) is 30.3 Å². The Labute approximate surface area is 190 Å². The number of aromatic hydroxyl groups is 1. The van der Waals surface area contributed by atoms with Crippen molar-refractivity contribution in [3.63, 3.8) is 0 Å². The SMILES string of the molecule is O=C(Nc1nc2ccc(C(F)(F)F)cc2s1)c1cc(Cl)cc(CCN2CCOCC2)c1O. The molecule has 0 bridgehead atoms. The normalized spacial score (nSPS) is 15.2. The fourth-order valence-electron chi connectivity index (χ4n) is 3.44. The van der Waals surface area contributed by atoms with Gasteiger partial charge in [-0.05, 0) is 42.3 Å². The van der Waals surface area contributed by atoms with Gasteiger partial charge in [-0.15, -0.1) is 0 Å². The lowest BCUT2D eigenvalue weighted by molar-refractivity contribution is -0.137. The molecule has 0 aliphatic carbocycles. The summed E-state index contributed by atoms with van der Waals surface area (Å²) in [5, 5.41) is 13.6. The summed E-state index contributed by atoms with van der Waals surface area (Å²) in [6.45, 7) is 3.58. The number of amides is 1. The minimum Gasteiger partial charge on any atom is -0.507 e. The predicted molar refractivity (Wildman–Crippen MR) is 117 cm³/mol. The number of ether oxygens (including phenoxy) is 1. The monoisotopic (exact) mass is 485 g/mol. The standard InChI is InChI=1S/C21H19ClF3N3O3S/c22-14-9-12(3-4-28-5-7-31-8-6-28)18(29)15(11-14)19(30)27-20-26-16-2-1-13(21(23,24)25)10-17(16)32-20/h1-2,9-11,29H,3-8H2,(H,26,27,30). The molecule has 0 spiro atoms. The number of phenols is 1. The van der Waals surface area contributed by atoms with Crippen LogP contribution in [0.25, 0.3) is 10.2 Å². The third-order valence-corrected chi connectivity index (χ3v) is 6.29. The average molecular weight is 486 g/mol. The average Bonchev–Trinajstić information content (AvgIpc) is 3.15. The first-order valence-electron chi connectivity index (χ1n) is 9.81. The summed E-state index contributed by atoms with van der Waals surface area (Å²) in [6, 6.07) is 6.15. The first-order chi connectivity index (χ1) is 15.2. The third-order valence-electron chi connectivity index (χ3n) is 5.14. The minimum absolute atomic E-state index is 0.0234. The molecular weight excluding hydrogens is 467 g/mol.